The van der Waals surface area contributed by atoms with Crippen LogP contribution in [0, 0.1) is 5.92 Å². The Balaban J connectivity index is 1.79. The summed E-state index contributed by atoms with van der Waals surface area (Å²) in [6.07, 6.45) is 4.32. The quantitative estimate of drug-likeness (QED) is 0.889. The van der Waals surface area contributed by atoms with E-state index in [1.165, 1.54) is 12.0 Å². The van der Waals surface area contributed by atoms with Crippen LogP contribution in [0.4, 0.5) is 0 Å². The fraction of sp³-hybridized carbons (Fsp3) is 0.667. The molecule has 1 fully saturated rings. The van der Waals surface area contributed by atoms with Gasteiger partial charge >= 0.3 is 0 Å². The first-order valence-corrected chi connectivity index (χ1v) is 6.86. The Bertz CT molecular complexity index is 361. The van der Waals surface area contributed by atoms with Gasteiger partial charge < -0.3 is 10.1 Å². The second-order valence-corrected chi connectivity index (χ2v) is 6.13. The molecule has 1 aromatic heterocycles. The topological polar surface area (TPSA) is 34.1 Å². The van der Waals surface area contributed by atoms with E-state index < -0.39 is 0 Å². The van der Waals surface area contributed by atoms with Crippen LogP contribution in [0.3, 0.4) is 0 Å². The van der Waals surface area contributed by atoms with E-state index in [1.807, 2.05) is 12.3 Å². The second-order valence-electron chi connectivity index (χ2n) is 6.13. The van der Waals surface area contributed by atoms with E-state index >= 15 is 0 Å². The molecule has 1 aliphatic rings. The molecule has 0 spiro atoms. The Hall–Kier alpha value is -1.09. The smallest absolute Gasteiger partial charge is 0.213 e. The molecule has 2 heterocycles. The van der Waals surface area contributed by atoms with Gasteiger partial charge in [0.15, 0.2) is 0 Å². The van der Waals surface area contributed by atoms with Crippen LogP contribution in [-0.2, 0) is 5.41 Å². The first-order chi connectivity index (χ1) is 8.55. The van der Waals surface area contributed by atoms with E-state index in [4.69, 9.17) is 4.74 Å². The number of pyridine rings is 1. The van der Waals surface area contributed by atoms with Gasteiger partial charge in [0.05, 0.1) is 6.61 Å². The lowest BCUT2D eigenvalue weighted by molar-refractivity contribution is 0.274. The molecule has 0 aromatic carbocycles. The molecule has 100 valence electrons. The Kier molecular flexibility index (Phi) is 4.23. The van der Waals surface area contributed by atoms with E-state index in [1.54, 1.807) is 0 Å². The zero-order chi connectivity index (χ0) is 13.0. The molecule has 1 N–H and O–H groups in total. The second kappa shape index (κ2) is 5.70. The van der Waals surface area contributed by atoms with Crippen molar-refractivity contribution in [2.45, 2.75) is 39.0 Å². The lowest BCUT2D eigenvalue weighted by Crippen LogP contribution is -2.13. The first kappa shape index (κ1) is 13.3. The number of hydrogen-bond acceptors (Lipinski definition) is 3. The fourth-order valence-electron chi connectivity index (χ4n) is 2.20. The van der Waals surface area contributed by atoms with E-state index in [2.05, 4.69) is 37.1 Å². The number of ether oxygens (including phenoxy) is 1. The average Bonchev–Trinajstić information content (AvgIpc) is 2.82. The summed E-state index contributed by atoms with van der Waals surface area (Å²) < 4.78 is 5.70. The van der Waals surface area contributed by atoms with Crippen molar-refractivity contribution in [3.63, 3.8) is 0 Å². The van der Waals surface area contributed by atoms with E-state index in [0.717, 1.165) is 37.9 Å². The average molecular weight is 248 g/mol. The van der Waals surface area contributed by atoms with Crippen LogP contribution in [0.5, 0.6) is 5.88 Å². The molecule has 1 unspecified atom stereocenters. The highest BCUT2D eigenvalue weighted by Gasteiger charge is 2.15. The van der Waals surface area contributed by atoms with Gasteiger partial charge in [-0.2, -0.15) is 0 Å². The lowest BCUT2D eigenvalue weighted by atomic mass is 9.88. The van der Waals surface area contributed by atoms with Crippen molar-refractivity contribution >= 4 is 0 Å². The molecular weight excluding hydrogens is 224 g/mol. The minimum atomic E-state index is 0.154. The largest absolute Gasteiger partial charge is 0.478 e. The van der Waals surface area contributed by atoms with Gasteiger partial charge in [-0.1, -0.05) is 26.8 Å². The SMILES string of the molecule is CC(C)(C)c1ccc(OCCC2CCNC2)nc1. The standard InChI is InChI=1S/C15H24N2O/c1-15(2,3)13-4-5-14(17-11-13)18-9-7-12-6-8-16-10-12/h4-5,11-12,16H,6-10H2,1-3H3. The summed E-state index contributed by atoms with van der Waals surface area (Å²) >= 11 is 0. The van der Waals surface area contributed by atoms with Crippen molar-refractivity contribution in [1.29, 1.82) is 0 Å². The predicted molar refractivity (Wildman–Crippen MR) is 74.0 cm³/mol. The predicted octanol–water partition coefficient (Wildman–Crippen LogP) is 2.76. The van der Waals surface area contributed by atoms with Crippen LogP contribution in [0.1, 0.15) is 39.2 Å². The number of hydrogen-bond donors (Lipinski definition) is 1. The zero-order valence-corrected chi connectivity index (χ0v) is 11.7. The van der Waals surface area contributed by atoms with Gasteiger partial charge in [-0.25, -0.2) is 4.98 Å². The number of aromatic nitrogens is 1. The van der Waals surface area contributed by atoms with Crippen molar-refractivity contribution < 1.29 is 4.74 Å². The van der Waals surface area contributed by atoms with Gasteiger partial charge in [-0.05, 0) is 42.8 Å². The number of nitrogens with zero attached hydrogens (tertiary/aromatic N) is 1. The zero-order valence-electron chi connectivity index (χ0n) is 11.7. The number of rotatable bonds is 4. The van der Waals surface area contributed by atoms with Gasteiger partial charge in [0.1, 0.15) is 0 Å². The molecule has 3 heteroatoms. The Morgan fingerprint density at radius 2 is 2.22 bits per heavy atom. The van der Waals surface area contributed by atoms with Gasteiger partial charge in [0, 0.05) is 12.3 Å². The van der Waals surface area contributed by atoms with Crippen molar-refractivity contribution in [3.8, 4) is 5.88 Å². The molecule has 18 heavy (non-hydrogen) atoms. The van der Waals surface area contributed by atoms with Crippen molar-refractivity contribution in [1.82, 2.24) is 10.3 Å². The normalized spacial score (nSPS) is 20.1. The summed E-state index contributed by atoms with van der Waals surface area (Å²) in [5.41, 5.74) is 1.40. The maximum Gasteiger partial charge on any atom is 0.213 e. The van der Waals surface area contributed by atoms with Crippen LogP contribution in [-0.4, -0.2) is 24.7 Å². The van der Waals surface area contributed by atoms with Gasteiger partial charge in [-0.3, -0.25) is 0 Å². The summed E-state index contributed by atoms with van der Waals surface area (Å²) in [6, 6.07) is 4.09. The monoisotopic (exact) mass is 248 g/mol. The van der Waals surface area contributed by atoms with Gasteiger partial charge in [0.2, 0.25) is 5.88 Å². The highest BCUT2D eigenvalue weighted by molar-refractivity contribution is 5.23. The molecule has 1 aromatic rings. The first-order valence-electron chi connectivity index (χ1n) is 6.86. The highest BCUT2D eigenvalue weighted by atomic mass is 16.5. The summed E-state index contributed by atoms with van der Waals surface area (Å²) in [6.45, 7) is 9.64. The van der Waals surface area contributed by atoms with E-state index in [9.17, 15) is 0 Å². The van der Waals surface area contributed by atoms with E-state index in [-0.39, 0.29) is 5.41 Å². The minimum Gasteiger partial charge on any atom is -0.478 e. The molecule has 0 aliphatic carbocycles. The summed E-state index contributed by atoms with van der Waals surface area (Å²) in [7, 11) is 0. The third-order valence-electron chi connectivity index (χ3n) is 3.54. The molecule has 0 radical (unpaired) electrons. The van der Waals surface area contributed by atoms with Crippen LogP contribution in [0.25, 0.3) is 0 Å². The molecule has 0 amide bonds. The maximum absolute atomic E-state index is 5.70. The molecular formula is C15H24N2O. The van der Waals surface area contributed by atoms with Crippen LogP contribution < -0.4 is 10.1 Å². The van der Waals surface area contributed by atoms with Crippen LogP contribution in [0.15, 0.2) is 18.3 Å². The fourth-order valence-corrected chi connectivity index (χ4v) is 2.20. The number of nitrogens with one attached hydrogen (secondary N) is 1. The molecule has 0 bridgehead atoms. The molecule has 2 rings (SSSR count). The Morgan fingerprint density at radius 3 is 2.78 bits per heavy atom. The van der Waals surface area contributed by atoms with E-state index in [0.29, 0.717) is 0 Å². The Labute approximate surface area is 110 Å². The van der Waals surface area contributed by atoms with Crippen LogP contribution >= 0.6 is 0 Å². The molecule has 3 nitrogen and oxygen atoms in total. The van der Waals surface area contributed by atoms with Crippen LogP contribution in [0.2, 0.25) is 0 Å². The van der Waals surface area contributed by atoms with Gasteiger partial charge in [0.25, 0.3) is 0 Å². The summed E-state index contributed by atoms with van der Waals surface area (Å²) in [4.78, 5) is 4.37. The molecule has 1 saturated heterocycles. The molecule has 0 saturated carbocycles. The third-order valence-corrected chi connectivity index (χ3v) is 3.54. The maximum atomic E-state index is 5.70. The van der Waals surface area contributed by atoms with Gasteiger partial charge in [-0.15, -0.1) is 0 Å². The van der Waals surface area contributed by atoms with Crippen molar-refractivity contribution in [3.05, 3.63) is 23.9 Å². The highest BCUT2D eigenvalue weighted by Crippen LogP contribution is 2.22. The molecule has 1 aliphatic heterocycles. The van der Waals surface area contributed by atoms with Crippen molar-refractivity contribution in [2.24, 2.45) is 5.92 Å². The summed E-state index contributed by atoms with van der Waals surface area (Å²) in [5.74, 6) is 1.52. The third kappa shape index (κ3) is 3.70. The lowest BCUT2D eigenvalue weighted by Gasteiger charge is -2.18. The molecule has 1 atom stereocenters. The minimum absolute atomic E-state index is 0.154. The Morgan fingerprint density at radius 1 is 1.39 bits per heavy atom. The summed E-state index contributed by atoms with van der Waals surface area (Å²) in [5, 5.41) is 3.37. The van der Waals surface area contributed by atoms with Crippen molar-refractivity contribution in [2.75, 3.05) is 19.7 Å².